The Morgan fingerprint density at radius 1 is 1.17 bits per heavy atom. The summed E-state index contributed by atoms with van der Waals surface area (Å²) in [6.45, 7) is 3.34. The van der Waals surface area contributed by atoms with E-state index < -0.39 is 24.5 Å². The number of carboxylic acids is 1. The molecule has 102 valence electrons. The van der Waals surface area contributed by atoms with Gasteiger partial charge >= 0.3 is 12.0 Å². The molecular weight excluding hydrogens is 258 g/mol. The van der Waals surface area contributed by atoms with Crippen LogP contribution in [0.1, 0.15) is 0 Å². The Bertz CT molecular complexity index is 309. The number of hydrogen-bond acceptors (Lipinski definition) is 4. The molecule has 18 heavy (non-hydrogen) atoms. The molecule has 0 aromatic heterocycles. The van der Waals surface area contributed by atoms with Crippen molar-refractivity contribution < 1.29 is 19.5 Å². The molecule has 0 radical (unpaired) electrons. The predicted octanol–water partition coefficient (Wildman–Crippen LogP) is -0.594. The molecule has 0 unspecified atom stereocenters. The number of carbonyl (C=O) groups is 3. The van der Waals surface area contributed by atoms with E-state index in [2.05, 4.69) is 22.5 Å². The molecule has 0 bridgehead atoms. The lowest BCUT2D eigenvalue weighted by Gasteiger charge is -2.07. The van der Waals surface area contributed by atoms with Crippen LogP contribution in [0.15, 0.2) is 12.7 Å². The number of hydrogen-bond donors (Lipinski definition) is 4. The van der Waals surface area contributed by atoms with Crippen LogP contribution in [0, 0.1) is 0 Å². The fourth-order valence-corrected chi connectivity index (χ4v) is 1.44. The van der Waals surface area contributed by atoms with Crippen LogP contribution in [0.25, 0.3) is 0 Å². The number of nitrogens with one attached hydrogen (secondary N) is 3. The zero-order valence-corrected chi connectivity index (χ0v) is 10.7. The summed E-state index contributed by atoms with van der Waals surface area (Å²) in [5.41, 5.74) is 0. The van der Waals surface area contributed by atoms with Gasteiger partial charge in [0.2, 0.25) is 5.91 Å². The largest absolute Gasteiger partial charge is 0.480 e. The number of carbonyl (C=O) groups excluding carboxylic acids is 2. The van der Waals surface area contributed by atoms with Gasteiger partial charge in [0, 0.05) is 18.1 Å². The second-order valence-electron chi connectivity index (χ2n) is 3.14. The minimum absolute atomic E-state index is 0.251. The molecule has 0 aliphatic heterocycles. The average Bonchev–Trinajstić information content (AvgIpc) is 2.33. The molecule has 0 fully saturated rings. The first-order chi connectivity index (χ1) is 8.56. The summed E-state index contributed by atoms with van der Waals surface area (Å²) in [6, 6.07) is -0.459. The summed E-state index contributed by atoms with van der Waals surface area (Å²) < 4.78 is 0. The van der Waals surface area contributed by atoms with Crippen molar-refractivity contribution in [2.75, 3.05) is 31.1 Å². The highest BCUT2D eigenvalue weighted by Gasteiger charge is 2.05. The highest BCUT2D eigenvalue weighted by molar-refractivity contribution is 7.99. The topological polar surface area (TPSA) is 108 Å². The van der Waals surface area contributed by atoms with Gasteiger partial charge in [-0.05, 0) is 0 Å². The van der Waals surface area contributed by atoms with E-state index in [4.69, 9.17) is 5.11 Å². The van der Waals surface area contributed by atoms with Crippen LogP contribution in [-0.2, 0) is 9.59 Å². The van der Waals surface area contributed by atoms with Crippen molar-refractivity contribution in [1.82, 2.24) is 16.0 Å². The molecule has 0 aromatic rings. The molecule has 0 spiro atoms. The van der Waals surface area contributed by atoms with Crippen molar-refractivity contribution in [3.8, 4) is 0 Å². The maximum atomic E-state index is 11.2. The molecule has 0 aromatic carbocycles. The van der Waals surface area contributed by atoms with Crippen molar-refractivity contribution in [2.24, 2.45) is 0 Å². The van der Waals surface area contributed by atoms with Crippen LogP contribution in [0.4, 0.5) is 4.79 Å². The normalized spacial score (nSPS) is 9.33. The maximum Gasteiger partial charge on any atom is 0.322 e. The van der Waals surface area contributed by atoms with Gasteiger partial charge in [0.1, 0.15) is 6.54 Å². The van der Waals surface area contributed by atoms with E-state index in [9.17, 15) is 14.4 Å². The highest BCUT2D eigenvalue weighted by atomic mass is 32.2. The lowest BCUT2D eigenvalue weighted by atomic mass is 10.5. The van der Waals surface area contributed by atoms with E-state index in [1.165, 1.54) is 0 Å². The maximum absolute atomic E-state index is 11.2. The summed E-state index contributed by atoms with van der Waals surface area (Å²) in [5.74, 6) is -0.105. The van der Waals surface area contributed by atoms with Crippen LogP contribution < -0.4 is 16.0 Å². The second-order valence-corrected chi connectivity index (χ2v) is 4.29. The van der Waals surface area contributed by atoms with Gasteiger partial charge < -0.3 is 21.1 Å². The lowest BCUT2D eigenvalue weighted by molar-refractivity contribution is -0.137. The van der Waals surface area contributed by atoms with Gasteiger partial charge in [-0.2, -0.15) is 11.8 Å². The summed E-state index contributed by atoms with van der Waals surface area (Å²) in [5, 5.41) is 15.3. The van der Waals surface area contributed by atoms with Gasteiger partial charge in [-0.1, -0.05) is 6.08 Å². The Morgan fingerprint density at radius 3 is 2.50 bits per heavy atom. The molecule has 0 aliphatic carbocycles. The monoisotopic (exact) mass is 275 g/mol. The van der Waals surface area contributed by atoms with E-state index in [1.54, 1.807) is 17.8 Å². The van der Waals surface area contributed by atoms with E-state index in [0.717, 1.165) is 11.5 Å². The van der Waals surface area contributed by atoms with Crippen LogP contribution >= 0.6 is 11.8 Å². The zero-order chi connectivity index (χ0) is 13.8. The van der Waals surface area contributed by atoms with Crippen LogP contribution in [-0.4, -0.2) is 54.2 Å². The molecule has 0 heterocycles. The van der Waals surface area contributed by atoms with Gasteiger partial charge in [0.25, 0.3) is 0 Å². The molecule has 3 amide bonds. The van der Waals surface area contributed by atoms with Crippen molar-refractivity contribution >= 4 is 29.7 Å². The lowest BCUT2D eigenvalue weighted by Crippen LogP contribution is -2.43. The number of aliphatic carboxylic acids is 1. The average molecular weight is 275 g/mol. The minimum atomic E-state index is -1.13. The van der Waals surface area contributed by atoms with E-state index in [1.807, 2.05) is 0 Å². The summed E-state index contributed by atoms with van der Waals surface area (Å²) >= 11 is 1.63. The third-order valence-electron chi connectivity index (χ3n) is 1.61. The van der Waals surface area contributed by atoms with E-state index in [0.29, 0.717) is 6.54 Å². The third kappa shape index (κ3) is 10.8. The van der Waals surface area contributed by atoms with Crippen LogP contribution in [0.3, 0.4) is 0 Å². The number of thioether (sulfide) groups is 1. The molecule has 0 aliphatic rings. The Kier molecular flexibility index (Phi) is 9.47. The third-order valence-corrected chi connectivity index (χ3v) is 2.58. The molecule has 0 saturated carbocycles. The summed E-state index contributed by atoms with van der Waals surface area (Å²) in [7, 11) is 0. The quantitative estimate of drug-likeness (QED) is 0.332. The van der Waals surface area contributed by atoms with Crippen LogP contribution in [0.5, 0.6) is 0 Å². The van der Waals surface area contributed by atoms with E-state index in [-0.39, 0.29) is 6.54 Å². The van der Waals surface area contributed by atoms with Crippen LogP contribution in [0.2, 0.25) is 0 Å². The number of amides is 3. The van der Waals surface area contributed by atoms with Crippen molar-refractivity contribution in [3.05, 3.63) is 12.7 Å². The van der Waals surface area contributed by atoms with Crippen molar-refractivity contribution in [2.45, 2.75) is 0 Å². The molecule has 4 N–H and O–H groups in total. The van der Waals surface area contributed by atoms with E-state index >= 15 is 0 Å². The van der Waals surface area contributed by atoms with Gasteiger partial charge in [0.15, 0.2) is 0 Å². The highest BCUT2D eigenvalue weighted by Crippen LogP contribution is 1.96. The Hall–Kier alpha value is -1.70. The second kappa shape index (κ2) is 10.5. The minimum Gasteiger partial charge on any atom is -0.480 e. The summed E-state index contributed by atoms with van der Waals surface area (Å²) in [6.07, 6.45) is 1.78. The smallest absolute Gasteiger partial charge is 0.322 e. The standard InChI is InChI=1S/C10H17N3O4S/c1-2-4-18-5-3-11-10(17)13-6-8(14)12-7-9(15)16/h2H,1,3-7H2,(H,12,14)(H,15,16)(H2,11,13,17). The van der Waals surface area contributed by atoms with Crippen molar-refractivity contribution in [1.29, 1.82) is 0 Å². The fourth-order valence-electron chi connectivity index (χ4n) is 0.863. The molecule has 0 rings (SSSR count). The molecule has 7 nitrogen and oxygen atoms in total. The first kappa shape index (κ1) is 16.3. The Labute approximate surface area is 109 Å². The SMILES string of the molecule is C=CCSCCNC(=O)NCC(=O)NCC(=O)O. The first-order valence-corrected chi connectivity index (χ1v) is 6.40. The number of urea groups is 1. The molecule has 0 atom stereocenters. The predicted molar refractivity (Wildman–Crippen MR) is 69.6 cm³/mol. The van der Waals surface area contributed by atoms with Gasteiger partial charge in [0.05, 0.1) is 6.54 Å². The Balaban J connectivity index is 3.48. The number of carboxylic acid groups (broad SMARTS) is 1. The van der Waals surface area contributed by atoms with Gasteiger partial charge in [-0.25, -0.2) is 4.79 Å². The van der Waals surface area contributed by atoms with Gasteiger partial charge in [-0.15, -0.1) is 6.58 Å². The zero-order valence-electron chi connectivity index (χ0n) is 9.90. The van der Waals surface area contributed by atoms with Gasteiger partial charge in [-0.3, -0.25) is 9.59 Å². The van der Waals surface area contributed by atoms with Crippen molar-refractivity contribution in [3.63, 3.8) is 0 Å². The fraction of sp³-hybridized carbons (Fsp3) is 0.500. The molecule has 0 saturated heterocycles. The molecule has 8 heteroatoms. The number of rotatable bonds is 9. The summed E-state index contributed by atoms with van der Waals surface area (Å²) in [4.78, 5) is 32.4. The first-order valence-electron chi connectivity index (χ1n) is 5.25. The Morgan fingerprint density at radius 2 is 1.89 bits per heavy atom. The molecular formula is C10H17N3O4S.